The van der Waals surface area contributed by atoms with Gasteiger partial charge in [0.25, 0.3) is 11.8 Å². The largest absolute Gasteiger partial charge is 0.478 e. The first-order valence-electron chi connectivity index (χ1n) is 40.6. The minimum atomic E-state index is -1.03. The van der Waals surface area contributed by atoms with Crippen LogP contribution in [-0.2, 0) is 4.74 Å². The van der Waals surface area contributed by atoms with Crippen LogP contribution < -0.4 is 16.4 Å². The molecule has 4 aromatic carbocycles. The number of nitrogens with two attached hydrogens (primary N) is 1. The third kappa shape index (κ3) is 18.9. The van der Waals surface area contributed by atoms with Crippen LogP contribution in [0.15, 0.2) is 244 Å². The molecule has 13 heterocycles. The van der Waals surface area contributed by atoms with Crippen LogP contribution in [0.3, 0.4) is 0 Å². The number of pyridine rings is 8. The molecule has 18 rings (SSSR count). The molecule has 1 aliphatic heterocycles. The van der Waals surface area contributed by atoms with Gasteiger partial charge in [0.15, 0.2) is 0 Å². The summed E-state index contributed by atoms with van der Waals surface area (Å²) in [6.07, 6.45) is 25.0. The summed E-state index contributed by atoms with van der Waals surface area (Å²) in [5.41, 5.74) is 25.9. The van der Waals surface area contributed by atoms with E-state index < -0.39 is 11.9 Å². The van der Waals surface area contributed by atoms with E-state index in [9.17, 15) is 41.8 Å². The summed E-state index contributed by atoms with van der Waals surface area (Å²) >= 11 is 0. The van der Waals surface area contributed by atoms with Gasteiger partial charge in [0.05, 0.1) is 87.4 Å². The maximum atomic E-state index is 13.8. The van der Waals surface area contributed by atoms with E-state index in [0.29, 0.717) is 74.3 Å². The fraction of sp³-hybridized carbons (Fsp3) is 0.208. The summed E-state index contributed by atoms with van der Waals surface area (Å²) in [5.74, 6) is -2.72. The Morgan fingerprint density at radius 2 is 0.797 bits per heavy atom. The molecule has 2 aliphatic rings. The van der Waals surface area contributed by atoms with Crippen molar-refractivity contribution in [2.75, 3.05) is 52.9 Å². The Bertz CT molecular complexity index is 6610. The van der Waals surface area contributed by atoms with Crippen LogP contribution >= 0.6 is 0 Å². The van der Waals surface area contributed by atoms with Crippen LogP contribution in [0, 0.1) is 51.0 Å². The van der Waals surface area contributed by atoms with E-state index in [2.05, 4.69) is 67.8 Å². The first kappa shape index (κ1) is 83.8. The topological polar surface area (TPSA) is 275 Å². The molecule has 2 atom stereocenters. The quantitative estimate of drug-likeness (QED) is 0.0353. The monoisotopic (exact) mass is 1650 g/mol. The molecule has 27 heteroatoms. The SMILES string of the molecule is CCOC(=O)c1cnn2ccc(-c3cccnc3-c3ccc(F)c(C)c3)cc12.Cc1cc(-c2ncccc2-c2ccn3ncc(C(=O)NCCCN4CCN(C)CC4)c3c2)ccc1F.Cc1cc(-c2ncccc2-c2ccn3ncc(C(=O)N[C@@H]4CCCC[C@H]4N)c3c2)ccc1F.Cc1cc(-c2ncccc2-c2ccn3ncc(C(=O)O)c3c2)ccc1F. The number of aryl methyl sites for hydroxylation is 4. The number of carboxylic acids is 1. The normalized spacial score (nSPS) is 14.1. The highest BCUT2D eigenvalue weighted by atomic mass is 19.1. The lowest BCUT2D eigenvalue weighted by Gasteiger charge is -2.32. The lowest BCUT2D eigenvalue weighted by Crippen LogP contribution is -2.49. The molecule has 2 amide bonds. The Hall–Kier alpha value is -14.3. The van der Waals surface area contributed by atoms with Crippen LogP contribution in [0.25, 0.3) is 112 Å². The zero-order valence-corrected chi connectivity index (χ0v) is 68.6. The van der Waals surface area contributed by atoms with Crippen molar-refractivity contribution < 1.29 is 46.6 Å². The fourth-order valence-corrected chi connectivity index (χ4v) is 15.4. The number of likely N-dealkylation sites (N-methyl/N-ethyl adjacent to an activating group) is 1. The van der Waals surface area contributed by atoms with E-state index in [-0.39, 0.29) is 52.7 Å². The number of amides is 2. The maximum absolute atomic E-state index is 13.8. The Balaban J connectivity index is 0.000000128. The Morgan fingerprint density at radius 3 is 1.16 bits per heavy atom. The van der Waals surface area contributed by atoms with Gasteiger partial charge in [-0.05, 0) is 258 Å². The van der Waals surface area contributed by atoms with E-state index in [1.54, 1.807) is 152 Å². The number of aromatic carboxylic acids is 1. The van der Waals surface area contributed by atoms with Crippen molar-refractivity contribution in [2.45, 2.75) is 78.8 Å². The number of benzene rings is 4. The lowest BCUT2D eigenvalue weighted by atomic mass is 9.91. The summed E-state index contributed by atoms with van der Waals surface area (Å²) in [7, 11) is 2.15. The maximum Gasteiger partial charge on any atom is 0.341 e. The number of piperazine rings is 1. The van der Waals surface area contributed by atoms with Gasteiger partial charge in [0.1, 0.15) is 34.4 Å². The number of halogens is 4. The standard InChI is InChI=1S/C28H31FN6O.C26H26FN5O.C22H18FN3O2.C20H14FN3O2/c1-20-17-22(6-7-25(20)29)27-23(5-3-9-30-27)21-8-12-35-26(18-21)24(19-32-35)28(36)31-10-4-11-34-15-13-33(2)14-16-34;1-16-13-18(8-9-21(16)27)25-19(5-4-11-29-25)17-10-12-32-24(14-17)20(15-30-32)26(33)31-23-7-3-2-6-22(23)28;1-3-28-22(27)18-13-25-26-10-8-15(12-20(18)26)17-5-4-9-24-21(17)16-6-7-19(23)14(2)11-16;1-12-9-14(4-5-17(12)21)19-15(3-2-7-22-19)13-6-8-24-18(10-13)16(11-23-24)20(25)26/h3,5-9,12,17-19H,4,10-11,13-16H2,1-2H3,(H,31,36);4-5,8-15,22-23H,2-3,6-7,28H2,1H3,(H,31,33);4-13H,3H2,1-2H3;2-11H,1H3,(H,25,26)/t;22-,23-;;/m.1../s1. The number of carbonyl (C=O) groups is 4. The predicted molar refractivity (Wildman–Crippen MR) is 466 cm³/mol. The van der Waals surface area contributed by atoms with Crippen molar-refractivity contribution in [1.82, 2.24) is 78.8 Å². The fourth-order valence-electron chi connectivity index (χ4n) is 15.4. The molecule has 123 heavy (non-hydrogen) atoms. The number of hydrogen-bond donors (Lipinski definition) is 4. The number of aromatic nitrogens is 12. The van der Waals surface area contributed by atoms with Crippen molar-refractivity contribution in [1.29, 1.82) is 0 Å². The average molecular weight is 1650 g/mol. The van der Waals surface area contributed by atoms with Crippen LogP contribution in [0.5, 0.6) is 0 Å². The van der Waals surface area contributed by atoms with Crippen molar-refractivity contribution in [3.63, 3.8) is 0 Å². The molecule has 5 N–H and O–H groups in total. The summed E-state index contributed by atoms with van der Waals surface area (Å²) in [4.78, 5) is 72.6. The minimum absolute atomic E-state index is 0.0165. The number of rotatable bonds is 18. The van der Waals surface area contributed by atoms with Gasteiger partial charge >= 0.3 is 11.9 Å². The smallest absolute Gasteiger partial charge is 0.341 e. The van der Waals surface area contributed by atoms with Crippen LogP contribution in [0.4, 0.5) is 17.6 Å². The van der Waals surface area contributed by atoms with E-state index in [0.717, 1.165) is 154 Å². The molecule has 1 saturated carbocycles. The molecule has 0 unspecified atom stereocenters. The first-order chi connectivity index (χ1) is 59.6. The molecule has 1 saturated heterocycles. The van der Waals surface area contributed by atoms with Gasteiger partial charge < -0.3 is 36.0 Å². The summed E-state index contributed by atoms with van der Waals surface area (Å²) in [6.45, 7) is 14.9. The molecule has 0 spiro atoms. The zero-order chi connectivity index (χ0) is 86.0. The van der Waals surface area contributed by atoms with E-state index >= 15 is 0 Å². The van der Waals surface area contributed by atoms with Gasteiger partial charge in [0.2, 0.25) is 0 Å². The van der Waals surface area contributed by atoms with Crippen molar-refractivity contribution in [3.8, 4) is 89.5 Å². The molecule has 23 nitrogen and oxygen atoms in total. The number of esters is 1. The number of fused-ring (bicyclic) bond motifs is 4. The molecule has 622 valence electrons. The highest BCUT2D eigenvalue weighted by molar-refractivity contribution is 6.03. The highest BCUT2D eigenvalue weighted by Crippen LogP contribution is 2.38. The number of ether oxygens (including phenoxy) is 1. The second kappa shape index (κ2) is 37.6. The molecular weight excluding hydrogens is 1560 g/mol. The third-order valence-corrected chi connectivity index (χ3v) is 22.2. The number of carbonyl (C=O) groups excluding carboxylic acids is 3. The Labute approximate surface area is 706 Å². The Morgan fingerprint density at radius 1 is 0.447 bits per heavy atom. The summed E-state index contributed by atoms with van der Waals surface area (Å²) in [5, 5.41) is 32.5. The lowest BCUT2D eigenvalue weighted by molar-refractivity contribution is 0.0527. The van der Waals surface area contributed by atoms with Gasteiger partial charge in [-0.2, -0.15) is 20.4 Å². The third-order valence-electron chi connectivity index (χ3n) is 22.2. The van der Waals surface area contributed by atoms with Crippen molar-refractivity contribution in [2.24, 2.45) is 5.73 Å². The van der Waals surface area contributed by atoms with Gasteiger partial charge in [-0.3, -0.25) is 29.5 Å². The summed E-state index contributed by atoms with van der Waals surface area (Å²) in [6, 6.07) is 50.2. The van der Waals surface area contributed by atoms with E-state index in [1.165, 1.54) is 41.2 Å². The van der Waals surface area contributed by atoms with Gasteiger partial charge in [-0.15, -0.1) is 0 Å². The van der Waals surface area contributed by atoms with Crippen molar-refractivity contribution in [3.05, 3.63) is 312 Å². The van der Waals surface area contributed by atoms with Crippen LogP contribution in [0.1, 0.15) is 103 Å². The molecular formula is C96H89F4N17O6. The molecule has 2 fully saturated rings. The van der Waals surface area contributed by atoms with E-state index in [1.807, 2.05) is 103 Å². The molecule has 0 radical (unpaired) electrons. The second-order valence-electron chi connectivity index (χ2n) is 30.5. The van der Waals surface area contributed by atoms with Crippen LogP contribution in [-0.4, -0.2) is 162 Å². The van der Waals surface area contributed by atoms with Crippen molar-refractivity contribution >= 4 is 45.8 Å². The summed E-state index contributed by atoms with van der Waals surface area (Å²) < 4.78 is 66.6. The average Bonchev–Trinajstić information content (AvgIpc) is 1.76. The minimum Gasteiger partial charge on any atom is -0.478 e. The first-order valence-corrected chi connectivity index (χ1v) is 40.6. The Kier molecular flexibility index (Phi) is 25.6. The molecule has 12 aromatic heterocycles. The number of hydrogen-bond acceptors (Lipinski definition) is 16. The number of nitrogens with zero attached hydrogens (tertiary/aromatic N) is 14. The molecule has 16 aromatic rings. The second-order valence-corrected chi connectivity index (χ2v) is 30.5. The predicted octanol–water partition coefficient (Wildman–Crippen LogP) is 17.3. The van der Waals surface area contributed by atoms with Gasteiger partial charge in [-0.25, -0.2) is 45.2 Å². The number of carboxylic acid groups (broad SMARTS) is 1. The van der Waals surface area contributed by atoms with Gasteiger partial charge in [-0.1, -0.05) is 37.1 Å². The van der Waals surface area contributed by atoms with Gasteiger partial charge in [0, 0.05) is 139 Å². The number of nitrogens with one attached hydrogen (secondary N) is 2. The molecule has 0 bridgehead atoms. The molecule has 1 aliphatic carbocycles. The van der Waals surface area contributed by atoms with Crippen LogP contribution in [0.2, 0.25) is 0 Å². The van der Waals surface area contributed by atoms with E-state index in [4.69, 9.17) is 10.5 Å². The zero-order valence-electron chi connectivity index (χ0n) is 68.6. The highest BCUT2D eigenvalue weighted by Gasteiger charge is 2.27.